The number of anilines is 2. The van der Waals surface area contributed by atoms with Crippen LogP contribution in [0.1, 0.15) is 23.1 Å². The molecule has 5 heteroatoms. The van der Waals surface area contributed by atoms with Crippen molar-refractivity contribution in [2.75, 3.05) is 5.32 Å². The van der Waals surface area contributed by atoms with E-state index in [9.17, 15) is 0 Å². The Hall–Kier alpha value is -1.46. The van der Waals surface area contributed by atoms with Crippen LogP contribution in [0.2, 0.25) is 0 Å². The number of para-hydroxylation sites is 1. The molecule has 1 heterocycles. The molecule has 0 aliphatic heterocycles. The minimum absolute atomic E-state index is 0.391. The van der Waals surface area contributed by atoms with E-state index in [1.807, 2.05) is 24.3 Å². The van der Waals surface area contributed by atoms with Crippen molar-refractivity contribution in [3.05, 3.63) is 40.4 Å². The van der Waals surface area contributed by atoms with Gasteiger partial charge in [0, 0.05) is 10.4 Å². The van der Waals surface area contributed by atoms with E-state index in [-0.39, 0.29) is 0 Å². The van der Waals surface area contributed by atoms with Crippen molar-refractivity contribution >= 4 is 39.4 Å². The largest absolute Gasteiger partial charge is 0.389 e. The fourth-order valence-corrected chi connectivity index (χ4v) is 2.82. The summed E-state index contributed by atoms with van der Waals surface area (Å²) in [5, 5.41) is 4.17. The molecular weight excluding hydrogens is 262 g/mol. The second kappa shape index (κ2) is 5.46. The number of nitrogens with one attached hydrogen (secondary N) is 1. The molecule has 0 unspecified atom stereocenters. The lowest BCUT2D eigenvalue weighted by Crippen LogP contribution is -2.11. The Morgan fingerprint density at radius 2 is 2.17 bits per heavy atom. The van der Waals surface area contributed by atoms with Crippen molar-refractivity contribution in [3.63, 3.8) is 0 Å². The van der Waals surface area contributed by atoms with Crippen LogP contribution in [0.5, 0.6) is 0 Å². The van der Waals surface area contributed by atoms with Crippen LogP contribution in [-0.4, -0.2) is 9.97 Å². The third-order valence-electron chi connectivity index (χ3n) is 2.66. The zero-order chi connectivity index (χ0) is 13.1. The highest BCUT2D eigenvalue weighted by atomic mass is 32.1. The third kappa shape index (κ3) is 2.68. The van der Waals surface area contributed by atoms with Gasteiger partial charge in [0.1, 0.15) is 4.99 Å². The number of aromatic nitrogens is 1. The molecule has 0 aliphatic rings. The molecule has 0 saturated heterocycles. The molecule has 0 amide bonds. The van der Waals surface area contributed by atoms with Crippen molar-refractivity contribution in [3.8, 4) is 0 Å². The Labute approximate surface area is 116 Å². The first-order chi connectivity index (χ1) is 8.61. The topological polar surface area (TPSA) is 50.9 Å². The van der Waals surface area contributed by atoms with Gasteiger partial charge in [0.25, 0.3) is 0 Å². The SMILES string of the molecule is CCc1nc(Nc2ccccc2C(N)=S)sc1C. The summed E-state index contributed by atoms with van der Waals surface area (Å²) in [6.07, 6.45) is 0.945. The summed E-state index contributed by atoms with van der Waals surface area (Å²) in [5.74, 6) is 0. The zero-order valence-corrected chi connectivity index (χ0v) is 12.0. The first kappa shape index (κ1) is 13.0. The van der Waals surface area contributed by atoms with Gasteiger partial charge in [-0.2, -0.15) is 0 Å². The number of aryl methyl sites for hydroxylation is 2. The normalized spacial score (nSPS) is 10.3. The van der Waals surface area contributed by atoms with E-state index >= 15 is 0 Å². The lowest BCUT2D eigenvalue weighted by molar-refractivity contribution is 1.05. The van der Waals surface area contributed by atoms with Gasteiger partial charge in [-0.15, -0.1) is 11.3 Å². The zero-order valence-electron chi connectivity index (χ0n) is 10.4. The highest BCUT2D eigenvalue weighted by molar-refractivity contribution is 7.80. The standard InChI is InChI=1S/C13H15N3S2/c1-3-10-8(2)18-13(15-10)16-11-7-5-4-6-9(11)12(14)17/h4-7H,3H2,1-2H3,(H2,14,17)(H,15,16). The van der Waals surface area contributed by atoms with Crippen LogP contribution in [0.25, 0.3) is 0 Å². The molecule has 0 spiro atoms. The molecule has 0 radical (unpaired) electrons. The van der Waals surface area contributed by atoms with Crippen LogP contribution in [-0.2, 0) is 6.42 Å². The van der Waals surface area contributed by atoms with Crippen LogP contribution in [0.4, 0.5) is 10.8 Å². The Balaban J connectivity index is 2.31. The maximum atomic E-state index is 5.70. The summed E-state index contributed by atoms with van der Waals surface area (Å²) in [5.41, 5.74) is 8.59. The van der Waals surface area contributed by atoms with Crippen LogP contribution >= 0.6 is 23.6 Å². The Kier molecular flexibility index (Phi) is 3.93. The first-order valence-corrected chi connectivity index (χ1v) is 6.96. The highest BCUT2D eigenvalue weighted by Crippen LogP contribution is 2.27. The van der Waals surface area contributed by atoms with E-state index in [1.165, 1.54) is 4.88 Å². The van der Waals surface area contributed by atoms with Gasteiger partial charge in [0.2, 0.25) is 0 Å². The molecule has 18 heavy (non-hydrogen) atoms. The van der Waals surface area contributed by atoms with Gasteiger partial charge in [0.15, 0.2) is 5.13 Å². The quantitative estimate of drug-likeness (QED) is 0.841. The smallest absolute Gasteiger partial charge is 0.187 e. The molecule has 0 saturated carbocycles. The molecule has 1 aromatic heterocycles. The van der Waals surface area contributed by atoms with Gasteiger partial charge in [-0.1, -0.05) is 31.3 Å². The highest BCUT2D eigenvalue weighted by Gasteiger charge is 2.09. The number of nitrogens with zero attached hydrogens (tertiary/aromatic N) is 1. The molecule has 94 valence electrons. The van der Waals surface area contributed by atoms with Crippen molar-refractivity contribution in [1.82, 2.24) is 4.98 Å². The van der Waals surface area contributed by atoms with Gasteiger partial charge in [-0.3, -0.25) is 0 Å². The average molecular weight is 277 g/mol. The minimum Gasteiger partial charge on any atom is -0.389 e. The van der Waals surface area contributed by atoms with Gasteiger partial charge in [-0.25, -0.2) is 4.98 Å². The Morgan fingerprint density at radius 3 is 2.78 bits per heavy atom. The molecule has 3 N–H and O–H groups in total. The van der Waals surface area contributed by atoms with Crippen LogP contribution in [0, 0.1) is 6.92 Å². The van der Waals surface area contributed by atoms with Crippen LogP contribution < -0.4 is 11.1 Å². The summed E-state index contributed by atoms with van der Waals surface area (Å²) in [6.45, 7) is 4.19. The van der Waals surface area contributed by atoms with E-state index < -0.39 is 0 Å². The number of hydrogen-bond donors (Lipinski definition) is 2. The van der Waals surface area contributed by atoms with Gasteiger partial charge in [-0.05, 0) is 25.5 Å². The molecule has 3 nitrogen and oxygen atoms in total. The third-order valence-corrected chi connectivity index (χ3v) is 3.81. The van der Waals surface area contributed by atoms with Gasteiger partial charge < -0.3 is 11.1 Å². The molecule has 0 atom stereocenters. The lowest BCUT2D eigenvalue weighted by atomic mass is 10.2. The average Bonchev–Trinajstić information content (AvgIpc) is 2.70. The second-order valence-corrected chi connectivity index (χ2v) is 5.55. The van der Waals surface area contributed by atoms with E-state index in [1.54, 1.807) is 11.3 Å². The fourth-order valence-electron chi connectivity index (χ4n) is 1.73. The molecule has 0 aliphatic carbocycles. The number of nitrogens with two attached hydrogens (primary N) is 1. The summed E-state index contributed by atoms with van der Waals surface area (Å²) in [4.78, 5) is 6.18. The fraction of sp³-hybridized carbons (Fsp3) is 0.231. The second-order valence-electron chi connectivity index (χ2n) is 3.91. The molecule has 1 aromatic carbocycles. The van der Waals surface area contributed by atoms with Crippen LogP contribution in [0.15, 0.2) is 24.3 Å². The van der Waals surface area contributed by atoms with Crippen molar-refractivity contribution in [2.45, 2.75) is 20.3 Å². The summed E-state index contributed by atoms with van der Waals surface area (Å²) in [7, 11) is 0. The summed E-state index contributed by atoms with van der Waals surface area (Å²) in [6, 6.07) is 7.73. The predicted octanol–water partition coefficient (Wildman–Crippen LogP) is 3.39. The molecule has 0 bridgehead atoms. The summed E-state index contributed by atoms with van der Waals surface area (Å²) < 4.78 is 0. The molecular formula is C13H15N3S2. The molecule has 0 fully saturated rings. The van der Waals surface area contributed by atoms with E-state index in [4.69, 9.17) is 18.0 Å². The minimum atomic E-state index is 0.391. The van der Waals surface area contributed by atoms with E-state index in [0.29, 0.717) is 4.99 Å². The monoisotopic (exact) mass is 277 g/mol. The van der Waals surface area contributed by atoms with Gasteiger partial charge in [0.05, 0.1) is 11.4 Å². The molecule has 2 aromatic rings. The number of hydrogen-bond acceptors (Lipinski definition) is 4. The Morgan fingerprint density at radius 1 is 1.44 bits per heavy atom. The number of benzene rings is 1. The van der Waals surface area contributed by atoms with Crippen molar-refractivity contribution in [1.29, 1.82) is 0 Å². The number of rotatable bonds is 4. The maximum absolute atomic E-state index is 5.70. The number of thiocarbonyl (C=S) groups is 1. The number of thiazole rings is 1. The Bertz CT molecular complexity index is 575. The lowest BCUT2D eigenvalue weighted by Gasteiger charge is -2.08. The van der Waals surface area contributed by atoms with Gasteiger partial charge >= 0.3 is 0 Å². The first-order valence-electron chi connectivity index (χ1n) is 5.74. The summed E-state index contributed by atoms with van der Waals surface area (Å²) >= 11 is 6.69. The maximum Gasteiger partial charge on any atom is 0.187 e. The van der Waals surface area contributed by atoms with Crippen LogP contribution in [0.3, 0.4) is 0 Å². The van der Waals surface area contributed by atoms with E-state index in [2.05, 4.69) is 24.1 Å². The van der Waals surface area contributed by atoms with Crippen molar-refractivity contribution < 1.29 is 0 Å². The van der Waals surface area contributed by atoms with Crippen molar-refractivity contribution in [2.24, 2.45) is 5.73 Å². The predicted molar refractivity (Wildman–Crippen MR) is 81.8 cm³/mol. The van der Waals surface area contributed by atoms with E-state index in [0.717, 1.165) is 28.5 Å². The molecule has 2 rings (SSSR count).